The van der Waals surface area contributed by atoms with Gasteiger partial charge in [0.15, 0.2) is 0 Å². The summed E-state index contributed by atoms with van der Waals surface area (Å²) in [7, 11) is 0. The number of amides is 1. The van der Waals surface area contributed by atoms with E-state index < -0.39 is 5.41 Å². The molecule has 1 unspecified atom stereocenters. The quantitative estimate of drug-likeness (QED) is 0.746. The van der Waals surface area contributed by atoms with Gasteiger partial charge in [0.2, 0.25) is 5.91 Å². The van der Waals surface area contributed by atoms with Crippen molar-refractivity contribution < 1.29 is 4.79 Å². The van der Waals surface area contributed by atoms with Crippen molar-refractivity contribution in [3.8, 4) is 0 Å². The van der Waals surface area contributed by atoms with Gasteiger partial charge in [0.25, 0.3) is 0 Å². The molecule has 15 heavy (non-hydrogen) atoms. The van der Waals surface area contributed by atoms with E-state index in [1.807, 2.05) is 13.8 Å². The van der Waals surface area contributed by atoms with E-state index in [1.54, 1.807) is 0 Å². The first-order valence-electron chi connectivity index (χ1n) is 5.98. The fraction of sp³-hybridized carbons (Fsp3) is 0.917. The van der Waals surface area contributed by atoms with Crippen molar-refractivity contribution in [3.05, 3.63) is 0 Å². The van der Waals surface area contributed by atoms with Crippen LogP contribution in [0.5, 0.6) is 0 Å². The minimum Gasteiger partial charge on any atom is -0.350 e. The predicted octanol–water partition coefficient (Wildman–Crippen LogP) is 1.81. The maximum absolute atomic E-state index is 12.1. The molecular weight excluding hydrogens is 188 g/mol. The molecule has 0 aromatic carbocycles. The van der Waals surface area contributed by atoms with Crippen molar-refractivity contribution in [2.24, 2.45) is 11.1 Å². The van der Waals surface area contributed by atoms with Crippen molar-refractivity contribution in [1.82, 2.24) is 5.32 Å². The minimum absolute atomic E-state index is 0.0166. The molecule has 0 saturated heterocycles. The van der Waals surface area contributed by atoms with Crippen LogP contribution in [0, 0.1) is 5.41 Å². The number of rotatable bonds is 4. The maximum atomic E-state index is 12.1. The first kappa shape index (κ1) is 12.5. The Bertz CT molecular complexity index is 228. The standard InChI is InChI=1S/C12H24N2O/c1-4-11(2,9-13)10(15)14-12(3)7-5-6-8-12/h4-9,13H2,1-3H3,(H,14,15). The van der Waals surface area contributed by atoms with Gasteiger partial charge in [-0.15, -0.1) is 0 Å². The molecule has 1 aliphatic rings. The van der Waals surface area contributed by atoms with Gasteiger partial charge in [-0.1, -0.05) is 19.8 Å². The monoisotopic (exact) mass is 212 g/mol. The zero-order valence-electron chi connectivity index (χ0n) is 10.2. The van der Waals surface area contributed by atoms with Gasteiger partial charge in [-0.25, -0.2) is 0 Å². The Morgan fingerprint density at radius 3 is 2.40 bits per heavy atom. The molecule has 88 valence electrons. The third-order valence-electron chi connectivity index (χ3n) is 3.90. The number of hydrogen-bond acceptors (Lipinski definition) is 2. The van der Waals surface area contributed by atoms with Crippen LogP contribution in [0.15, 0.2) is 0 Å². The van der Waals surface area contributed by atoms with Crippen LogP contribution in [0.25, 0.3) is 0 Å². The van der Waals surface area contributed by atoms with E-state index >= 15 is 0 Å². The fourth-order valence-corrected chi connectivity index (χ4v) is 2.10. The largest absolute Gasteiger partial charge is 0.350 e. The lowest BCUT2D eigenvalue weighted by Crippen LogP contribution is -2.52. The molecule has 1 fully saturated rings. The third kappa shape index (κ3) is 2.71. The molecule has 3 N–H and O–H groups in total. The summed E-state index contributed by atoms with van der Waals surface area (Å²) in [5.74, 6) is 0.122. The van der Waals surface area contributed by atoms with E-state index in [4.69, 9.17) is 5.73 Å². The summed E-state index contributed by atoms with van der Waals surface area (Å²) < 4.78 is 0. The molecule has 1 atom stereocenters. The molecule has 1 amide bonds. The Kier molecular flexibility index (Phi) is 3.77. The molecule has 0 radical (unpaired) electrons. The van der Waals surface area contributed by atoms with Crippen LogP contribution < -0.4 is 11.1 Å². The highest BCUT2D eigenvalue weighted by molar-refractivity contribution is 5.83. The Hall–Kier alpha value is -0.570. The molecule has 0 bridgehead atoms. The highest BCUT2D eigenvalue weighted by Gasteiger charge is 2.36. The van der Waals surface area contributed by atoms with Crippen LogP contribution in [0.4, 0.5) is 0 Å². The molecule has 0 aliphatic heterocycles. The van der Waals surface area contributed by atoms with Gasteiger partial charge in [-0.2, -0.15) is 0 Å². The van der Waals surface area contributed by atoms with Crippen LogP contribution in [0.3, 0.4) is 0 Å². The van der Waals surface area contributed by atoms with Gasteiger partial charge in [0, 0.05) is 12.1 Å². The molecule has 0 heterocycles. The Morgan fingerprint density at radius 1 is 1.47 bits per heavy atom. The van der Waals surface area contributed by atoms with Crippen molar-refractivity contribution in [1.29, 1.82) is 0 Å². The zero-order chi connectivity index (χ0) is 11.5. The summed E-state index contributed by atoms with van der Waals surface area (Å²) in [5, 5.41) is 3.18. The smallest absolute Gasteiger partial charge is 0.227 e. The van der Waals surface area contributed by atoms with E-state index in [0.717, 1.165) is 19.3 Å². The highest BCUT2D eigenvalue weighted by Crippen LogP contribution is 2.30. The number of nitrogens with two attached hydrogens (primary N) is 1. The number of carbonyl (C=O) groups is 1. The van der Waals surface area contributed by atoms with Gasteiger partial charge in [0.1, 0.15) is 0 Å². The lowest BCUT2D eigenvalue weighted by atomic mass is 9.85. The molecule has 3 nitrogen and oxygen atoms in total. The van der Waals surface area contributed by atoms with Gasteiger partial charge >= 0.3 is 0 Å². The van der Waals surface area contributed by atoms with E-state index in [2.05, 4.69) is 12.2 Å². The molecule has 1 saturated carbocycles. The lowest BCUT2D eigenvalue weighted by Gasteiger charge is -2.32. The van der Waals surface area contributed by atoms with Crippen LogP contribution in [0.2, 0.25) is 0 Å². The second-order valence-electron chi connectivity index (χ2n) is 5.34. The molecule has 0 aromatic heterocycles. The second kappa shape index (κ2) is 4.52. The number of carbonyl (C=O) groups excluding carboxylic acids is 1. The third-order valence-corrected chi connectivity index (χ3v) is 3.90. The maximum Gasteiger partial charge on any atom is 0.227 e. The summed E-state index contributed by atoms with van der Waals surface area (Å²) in [6.07, 6.45) is 5.45. The zero-order valence-corrected chi connectivity index (χ0v) is 10.2. The lowest BCUT2D eigenvalue weighted by molar-refractivity contribution is -0.131. The average Bonchev–Trinajstić information content (AvgIpc) is 2.63. The first-order chi connectivity index (χ1) is 6.96. The predicted molar refractivity (Wildman–Crippen MR) is 62.5 cm³/mol. The van der Waals surface area contributed by atoms with Crippen molar-refractivity contribution >= 4 is 5.91 Å². The summed E-state index contributed by atoms with van der Waals surface area (Å²) in [6, 6.07) is 0. The topological polar surface area (TPSA) is 55.1 Å². The molecule has 0 spiro atoms. The van der Waals surface area contributed by atoms with Crippen LogP contribution in [-0.2, 0) is 4.79 Å². The van der Waals surface area contributed by atoms with Crippen molar-refractivity contribution in [3.63, 3.8) is 0 Å². The van der Waals surface area contributed by atoms with Crippen LogP contribution >= 0.6 is 0 Å². The summed E-state index contributed by atoms with van der Waals surface area (Å²) in [4.78, 5) is 12.1. The van der Waals surface area contributed by atoms with Gasteiger partial charge in [-0.3, -0.25) is 4.79 Å². The summed E-state index contributed by atoms with van der Waals surface area (Å²) in [5.41, 5.74) is 5.29. The normalized spacial score (nSPS) is 23.5. The van der Waals surface area contributed by atoms with Gasteiger partial charge in [-0.05, 0) is 33.1 Å². The summed E-state index contributed by atoms with van der Waals surface area (Å²) in [6.45, 7) is 6.53. The second-order valence-corrected chi connectivity index (χ2v) is 5.34. The Balaban J connectivity index is 2.61. The molecule has 3 heteroatoms. The van der Waals surface area contributed by atoms with Crippen LogP contribution in [-0.4, -0.2) is 18.0 Å². The van der Waals surface area contributed by atoms with E-state index in [0.29, 0.717) is 6.54 Å². The highest BCUT2D eigenvalue weighted by atomic mass is 16.2. The molecule has 1 aliphatic carbocycles. The molecular formula is C12H24N2O. The van der Waals surface area contributed by atoms with E-state index in [1.165, 1.54) is 12.8 Å². The first-order valence-corrected chi connectivity index (χ1v) is 5.98. The molecule has 1 rings (SSSR count). The van der Waals surface area contributed by atoms with Crippen LogP contribution in [0.1, 0.15) is 52.9 Å². The average molecular weight is 212 g/mol. The molecule has 0 aromatic rings. The van der Waals surface area contributed by atoms with Crippen molar-refractivity contribution in [2.75, 3.05) is 6.54 Å². The van der Waals surface area contributed by atoms with Gasteiger partial charge in [0.05, 0.1) is 5.41 Å². The Labute approximate surface area is 92.8 Å². The summed E-state index contributed by atoms with van der Waals surface area (Å²) >= 11 is 0. The van der Waals surface area contributed by atoms with Gasteiger partial charge < -0.3 is 11.1 Å². The van der Waals surface area contributed by atoms with E-state index in [9.17, 15) is 4.79 Å². The number of hydrogen-bond donors (Lipinski definition) is 2. The Morgan fingerprint density at radius 2 is 2.00 bits per heavy atom. The van der Waals surface area contributed by atoms with Crippen molar-refractivity contribution in [2.45, 2.75) is 58.4 Å². The number of nitrogens with one attached hydrogen (secondary N) is 1. The fourth-order valence-electron chi connectivity index (χ4n) is 2.10. The van der Waals surface area contributed by atoms with E-state index in [-0.39, 0.29) is 11.4 Å². The minimum atomic E-state index is -0.397. The SMILES string of the molecule is CCC(C)(CN)C(=O)NC1(C)CCCC1.